The number of methoxy groups -OCH3 is 3. The van der Waals surface area contributed by atoms with E-state index in [9.17, 15) is 4.79 Å². The molecule has 1 aromatic rings. The van der Waals surface area contributed by atoms with Crippen LogP contribution in [0.15, 0.2) is 12.1 Å². The zero-order chi connectivity index (χ0) is 18.0. The predicted octanol–water partition coefficient (Wildman–Crippen LogP) is 3.43. The van der Waals surface area contributed by atoms with Crippen molar-refractivity contribution in [2.24, 2.45) is 5.92 Å². The van der Waals surface area contributed by atoms with E-state index >= 15 is 0 Å². The average molecular weight is 347 g/mol. The molecule has 3 atom stereocenters. The summed E-state index contributed by atoms with van der Waals surface area (Å²) in [5.74, 6) is 2.64. The third kappa shape index (κ3) is 3.42. The third-order valence-electron chi connectivity index (χ3n) is 5.71. The van der Waals surface area contributed by atoms with Gasteiger partial charge in [0.25, 0.3) is 0 Å². The second kappa shape index (κ2) is 7.54. The number of hydrogen-bond donors (Lipinski definition) is 0. The van der Waals surface area contributed by atoms with Gasteiger partial charge in [0, 0.05) is 12.1 Å². The molecule has 2 fully saturated rings. The highest BCUT2D eigenvalue weighted by Gasteiger charge is 2.42. The van der Waals surface area contributed by atoms with Gasteiger partial charge in [0.1, 0.15) is 0 Å². The molecule has 1 amide bonds. The van der Waals surface area contributed by atoms with Crippen LogP contribution in [0.3, 0.4) is 0 Å². The number of amides is 1. The van der Waals surface area contributed by atoms with E-state index in [1.807, 2.05) is 12.1 Å². The van der Waals surface area contributed by atoms with Gasteiger partial charge in [-0.2, -0.15) is 0 Å². The molecule has 0 N–H and O–H groups in total. The summed E-state index contributed by atoms with van der Waals surface area (Å²) in [6.07, 6.45) is 6.47. The van der Waals surface area contributed by atoms with E-state index in [0.29, 0.717) is 41.7 Å². The first-order chi connectivity index (χ1) is 12.1. The molecule has 0 aromatic heterocycles. The number of likely N-dealkylation sites (tertiary alicyclic amines) is 1. The summed E-state index contributed by atoms with van der Waals surface area (Å²) in [6.45, 7) is 2.19. The maximum absolute atomic E-state index is 13.0. The van der Waals surface area contributed by atoms with Crippen LogP contribution in [0.1, 0.15) is 44.6 Å². The highest BCUT2D eigenvalue weighted by molar-refractivity contribution is 5.80. The Balaban J connectivity index is 1.80. The first kappa shape index (κ1) is 17.9. The maximum Gasteiger partial charge on any atom is 0.227 e. The van der Waals surface area contributed by atoms with Crippen molar-refractivity contribution in [2.75, 3.05) is 21.3 Å². The first-order valence-corrected chi connectivity index (χ1v) is 9.19. The van der Waals surface area contributed by atoms with Crippen LogP contribution in [-0.4, -0.2) is 44.2 Å². The van der Waals surface area contributed by atoms with Crippen molar-refractivity contribution in [3.05, 3.63) is 17.7 Å². The van der Waals surface area contributed by atoms with Gasteiger partial charge in [0.05, 0.1) is 27.8 Å². The second-order valence-corrected chi connectivity index (χ2v) is 7.21. The molecule has 1 aromatic carbocycles. The smallest absolute Gasteiger partial charge is 0.227 e. The molecule has 0 spiro atoms. The number of ether oxygens (including phenoxy) is 3. The van der Waals surface area contributed by atoms with Gasteiger partial charge < -0.3 is 19.1 Å². The molecule has 25 heavy (non-hydrogen) atoms. The molecule has 1 aliphatic heterocycles. The lowest BCUT2D eigenvalue weighted by atomic mass is 9.85. The van der Waals surface area contributed by atoms with Crippen LogP contribution in [0.4, 0.5) is 0 Å². The molecule has 138 valence electrons. The van der Waals surface area contributed by atoms with Crippen LogP contribution in [-0.2, 0) is 11.2 Å². The lowest BCUT2D eigenvalue weighted by Gasteiger charge is -2.33. The normalized spacial score (nSPS) is 25.4. The lowest BCUT2D eigenvalue weighted by Crippen LogP contribution is -2.43. The van der Waals surface area contributed by atoms with E-state index in [2.05, 4.69) is 11.8 Å². The van der Waals surface area contributed by atoms with Gasteiger partial charge in [-0.25, -0.2) is 0 Å². The zero-order valence-electron chi connectivity index (χ0n) is 15.7. The van der Waals surface area contributed by atoms with Gasteiger partial charge in [-0.3, -0.25) is 4.79 Å². The lowest BCUT2D eigenvalue weighted by molar-refractivity contribution is -0.133. The van der Waals surface area contributed by atoms with Crippen LogP contribution in [0, 0.1) is 5.92 Å². The van der Waals surface area contributed by atoms with Crippen LogP contribution in [0.5, 0.6) is 17.2 Å². The summed E-state index contributed by atoms with van der Waals surface area (Å²) in [7, 11) is 4.77. The highest BCUT2D eigenvalue weighted by atomic mass is 16.5. The molecule has 0 radical (unpaired) electrons. The third-order valence-corrected chi connectivity index (χ3v) is 5.71. The Kier molecular flexibility index (Phi) is 5.40. The van der Waals surface area contributed by atoms with Crippen LogP contribution >= 0.6 is 0 Å². The number of benzene rings is 1. The van der Waals surface area contributed by atoms with Gasteiger partial charge in [-0.05, 0) is 49.8 Å². The number of carbonyl (C=O) groups excluding carboxylic acids is 1. The summed E-state index contributed by atoms with van der Waals surface area (Å²) in [6, 6.07) is 4.51. The van der Waals surface area contributed by atoms with Gasteiger partial charge >= 0.3 is 0 Å². The number of fused-ring (bicyclic) bond motifs is 1. The van der Waals surface area contributed by atoms with E-state index in [1.165, 1.54) is 19.3 Å². The molecule has 3 rings (SSSR count). The zero-order valence-corrected chi connectivity index (χ0v) is 15.7. The molecule has 1 aliphatic carbocycles. The quantitative estimate of drug-likeness (QED) is 0.819. The minimum atomic E-state index is 0.205. The molecular weight excluding hydrogens is 318 g/mol. The van der Waals surface area contributed by atoms with Gasteiger partial charge in [0.2, 0.25) is 11.7 Å². The van der Waals surface area contributed by atoms with Crippen molar-refractivity contribution >= 4 is 5.91 Å². The predicted molar refractivity (Wildman–Crippen MR) is 96.5 cm³/mol. The second-order valence-electron chi connectivity index (χ2n) is 7.21. The molecule has 0 unspecified atom stereocenters. The van der Waals surface area contributed by atoms with Crippen LogP contribution < -0.4 is 14.2 Å². The fourth-order valence-electron chi connectivity index (χ4n) is 4.64. The maximum atomic E-state index is 13.0. The highest BCUT2D eigenvalue weighted by Crippen LogP contribution is 2.41. The van der Waals surface area contributed by atoms with Crippen molar-refractivity contribution in [1.29, 1.82) is 0 Å². The Labute approximate surface area is 150 Å². The molecule has 1 heterocycles. The van der Waals surface area contributed by atoms with E-state index in [1.54, 1.807) is 21.3 Å². The fourth-order valence-corrected chi connectivity index (χ4v) is 4.64. The molecule has 0 bridgehead atoms. The van der Waals surface area contributed by atoms with Gasteiger partial charge in [-0.1, -0.05) is 12.8 Å². The van der Waals surface area contributed by atoms with Crippen molar-refractivity contribution in [1.82, 2.24) is 4.90 Å². The van der Waals surface area contributed by atoms with E-state index in [0.717, 1.165) is 18.4 Å². The molecular formula is C20H29NO4. The molecule has 1 saturated carbocycles. The Morgan fingerprint density at radius 1 is 1.08 bits per heavy atom. The Morgan fingerprint density at radius 2 is 1.72 bits per heavy atom. The topological polar surface area (TPSA) is 48.0 Å². The van der Waals surface area contributed by atoms with Crippen molar-refractivity contribution in [2.45, 2.75) is 57.5 Å². The average Bonchev–Trinajstić information content (AvgIpc) is 2.96. The Morgan fingerprint density at radius 3 is 2.32 bits per heavy atom. The number of hydrogen-bond acceptors (Lipinski definition) is 4. The van der Waals surface area contributed by atoms with Crippen LogP contribution in [0.2, 0.25) is 0 Å². The van der Waals surface area contributed by atoms with E-state index in [4.69, 9.17) is 14.2 Å². The van der Waals surface area contributed by atoms with Crippen LogP contribution in [0.25, 0.3) is 0 Å². The molecule has 2 aliphatic rings. The largest absolute Gasteiger partial charge is 0.493 e. The summed E-state index contributed by atoms with van der Waals surface area (Å²) >= 11 is 0. The number of rotatable bonds is 5. The monoisotopic (exact) mass is 347 g/mol. The minimum Gasteiger partial charge on any atom is -0.493 e. The van der Waals surface area contributed by atoms with Gasteiger partial charge in [0.15, 0.2) is 11.5 Å². The number of nitrogens with zero attached hydrogens (tertiary/aromatic N) is 1. The first-order valence-electron chi connectivity index (χ1n) is 9.19. The van der Waals surface area contributed by atoms with Crippen molar-refractivity contribution in [3.8, 4) is 17.2 Å². The SMILES string of the molecule is COc1cc(CC(=O)N2[C@H](C)C[C@@H]3CCCC[C@@H]32)cc(OC)c1OC. The summed E-state index contributed by atoms with van der Waals surface area (Å²) in [4.78, 5) is 15.2. The summed E-state index contributed by atoms with van der Waals surface area (Å²) in [5.41, 5.74) is 0.894. The summed E-state index contributed by atoms with van der Waals surface area (Å²) < 4.78 is 16.2. The number of carbonyl (C=O) groups is 1. The summed E-state index contributed by atoms with van der Waals surface area (Å²) in [5, 5.41) is 0. The van der Waals surface area contributed by atoms with E-state index < -0.39 is 0 Å². The van der Waals surface area contributed by atoms with E-state index in [-0.39, 0.29) is 5.91 Å². The standard InChI is InChI=1S/C20H29NO4/c1-13-9-15-7-5-6-8-16(15)21(13)19(22)12-14-10-17(23-2)20(25-4)18(11-14)24-3/h10-11,13,15-16H,5-9,12H2,1-4H3/t13-,15+,16+/m1/s1. The minimum absolute atomic E-state index is 0.205. The van der Waals surface area contributed by atoms with Crippen molar-refractivity contribution < 1.29 is 19.0 Å². The van der Waals surface area contributed by atoms with Crippen molar-refractivity contribution in [3.63, 3.8) is 0 Å². The Hall–Kier alpha value is -1.91. The molecule has 1 saturated heterocycles. The Bertz CT molecular complexity index is 605. The molecule has 5 nitrogen and oxygen atoms in total. The molecule has 5 heteroatoms. The van der Waals surface area contributed by atoms with Gasteiger partial charge in [-0.15, -0.1) is 0 Å². The fraction of sp³-hybridized carbons (Fsp3) is 0.650.